The molecule has 0 saturated carbocycles. The van der Waals surface area contributed by atoms with Gasteiger partial charge in [-0.25, -0.2) is 4.79 Å². The summed E-state index contributed by atoms with van der Waals surface area (Å²) >= 11 is 0. The summed E-state index contributed by atoms with van der Waals surface area (Å²) in [5.41, 5.74) is 2.05. The molecule has 2 rings (SSSR count). The number of rotatable bonds is 5. The SMILES string of the molecule is C=C(C)CN(CC)C(=O)C(=O)Nc1ccccc1-n1c(C)c[nH]c1=O. The molecule has 2 N–H and O–H groups in total. The summed E-state index contributed by atoms with van der Waals surface area (Å²) in [6.45, 7) is 9.85. The molecule has 0 aliphatic carbocycles. The van der Waals surface area contributed by atoms with Crippen LogP contribution in [0.4, 0.5) is 5.69 Å². The Morgan fingerprint density at radius 1 is 1.32 bits per heavy atom. The Balaban J connectivity index is 2.29. The monoisotopic (exact) mass is 342 g/mol. The molecule has 0 aliphatic heterocycles. The molecule has 25 heavy (non-hydrogen) atoms. The molecule has 0 atom stereocenters. The van der Waals surface area contributed by atoms with E-state index in [9.17, 15) is 14.4 Å². The second kappa shape index (κ2) is 7.65. The Kier molecular flexibility index (Phi) is 5.59. The fourth-order valence-electron chi connectivity index (χ4n) is 2.50. The lowest BCUT2D eigenvalue weighted by Crippen LogP contribution is -2.40. The second-order valence-corrected chi connectivity index (χ2v) is 5.82. The molecular formula is C18H22N4O3. The highest BCUT2D eigenvalue weighted by atomic mass is 16.2. The molecule has 1 aromatic carbocycles. The Morgan fingerprint density at radius 2 is 2.00 bits per heavy atom. The molecule has 2 amide bonds. The van der Waals surface area contributed by atoms with Gasteiger partial charge >= 0.3 is 17.5 Å². The van der Waals surface area contributed by atoms with Gasteiger partial charge in [-0.2, -0.15) is 0 Å². The molecule has 0 unspecified atom stereocenters. The van der Waals surface area contributed by atoms with E-state index in [-0.39, 0.29) is 5.69 Å². The zero-order chi connectivity index (χ0) is 18.6. The average Bonchev–Trinajstić information content (AvgIpc) is 2.91. The van der Waals surface area contributed by atoms with E-state index >= 15 is 0 Å². The van der Waals surface area contributed by atoms with Crippen LogP contribution in [-0.2, 0) is 9.59 Å². The van der Waals surface area contributed by atoms with Crippen molar-refractivity contribution in [1.82, 2.24) is 14.5 Å². The van der Waals surface area contributed by atoms with Gasteiger partial charge in [0.2, 0.25) is 0 Å². The number of benzene rings is 1. The average molecular weight is 342 g/mol. The highest BCUT2D eigenvalue weighted by Crippen LogP contribution is 2.20. The molecule has 1 heterocycles. The number of aromatic nitrogens is 2. The van der Waals surface area contributed by atoms with Gasteiger partial charge in [-0.05, 0) is 32.9 Å². The first-order chi connectivity index (χ1) is 11.8. The van der Waals surface area contributed by atoms with Crippen LogP contribution in [0.5, 0.6) is 0 Å². The number of carbonyl (C=O) groups excluding carboxylic acids is 2. The van der Waals surface area contributed by atoms with Gasteiger partial charge in [0, 0.05) is 25.0 Å². The third kappa shape index (κ3) is 4.06. The van der Waals surface area contributed by atoms with E-state index in [1.54, 1.807) is 51.2 Å². The van der Waals surface area contributed by atoms with Crippen LogP contribution in [0.25, 0.3) is 5.69 Å². The zero-order valence-corrected chi connectivity index (χ0v) is 14.6. The van der Waals surface area contributed by atoms with E-state index < -0.39 is 11.8 Å². The van der Waals surface area contributed by atoms with Crippen molar-refractivity contribution in [2.45, 2.75) is 20.8 Å². The first kappa shape index (κ1) is 18.3. The number of amides is 2. The number of H-pyrrole nitrogens is 1. The minimum Gasteiger partial charge on any atom is -0.331 e. The van der Waals surface area contributed by atoms with Crippen LogP contribution < -0.4 is 11.0 Å². The zero-order valence-electron chi connectivity index (χ0n) is 14.6. The summed E-state index contributed by atoms with van der Waals surface area (Å²) in [5.74, 6) is -1.39. The number of aryl methyl sites for hydroxylation is 1. The van der Waals surface area contributed by atoms with Crippen LogP contribution >= 0.6 is 0 Å². The maximum absolute atomic E-state index is 12.4. The fourth-order valence-corrected chi connectivity index (χ4v) is 2.50. The van der Waals surface area contributed by atoms with E-state index in [1.807, 2.05) is 0 Å². The van der Waals surface area contributed by atoms with Crippen molar-refractivity contribution >= 4 is 17.5 Å². The van der Waals surface area contributed by atoms with E-state index in [1.165, 1.54) is 9.47 Å². The lowest BCUT2D eigenvalue weighted by atomic mass is 10.2. The van der Waals surface area contributed by atoms with Crippen LogP contribution in [0.1, 0.15) is 19.5 Å². The van der Waals surface area contributed by atoms with Gasteiger partial charge < -0.3 is 15.2 Å². The van der Waals surface area contributed by atoms with Crippen LogP contribution in [0.3, 0.4) is 0 Å². The first-order valence-electron chi connectivity index (χ1n) is 7.96. The van der Waals surface area contributed by atoms with Crippen molar-refractivity contribution in [3.63, 3.8) is 0 Å². The maximum Gasteiger partial charge on any atom is 0.330 e. The van der Waals surface area contributed by atoms with E-state index in [0.717, 1.165) is 5.57 Å². The van der Waals surface area contributed by atoms with E-state index in [4.69, 9.17) is 0 Å². The maximum atomic E-state index is 12.4. The quantitative estimate of drug-likeness (QED) is 0.642. The first-order valence-corrected chi connectivity index (χ1v) is 7.96. The number of para-hydroxylation sites is 2. The van der Waals surface area contributed by atoms with Crippen molar-refractivity contribution in [3.8, 4) is 5.69 Å². The van der Waals surface area contributed by atoms with E-state index in [2.05, 4.69) is 16.9 Å². The number of nitrogens with zero attached hydrogens (tertiary/aromatic N) is 2. The molecule has 132 valence electrons. The standard InChI is InChI=1S/C18H22N4O3/c1-5-21(11-12(2)3)17(24)16(23)20-14-8-6-7-9-15(14)22-13(4)10-19-18(22)25/h6-10H,2,5,11H2,1,3-4H3,(H,19,25)(H,20,23). The molecule has 2 aromatic rings. The molecule has 0 saturated heterocycles. The lowest BCUT2D eigenvalue weighted by molar-refractivity contribution is -0.142. The highest BCUT2D eigenvalue weighted by molar-refractivity contribution is 6.39. The molecule has 0 fully saturated rings. The Labute approximate surface area is 146 Å². The van der Waals surface area contributed by atoms with Gasteiger partial charge in [-0.1, -0.05) is 24.3 Å². The molecule has 7 heteroatoms. The Morgan fingerprint density at radius 3 is 2.56 bits per heavy atom. The predicted molar refractivity (Wildman–Crippen MR) is 96.8 cm³/mol. The summed E-state index contributed by atoms with van der Waals surface area (Å²) in [6.07, 6.45) is 1.58. The number of anilines is 1. The molecule has 0 bridgehead atoms. The summed E-state index contributed by atoms with van der Waals surface area (Å²) in [6, 6.07) is 6.83. The minimum atomic E-state index is -0.753. The Bertz CT molecular complexity index is 863. The van der Waals surface area contributed by atoms with Crippen molar-refractivity contribution < 1.29 is 9.59 Å². The number of likely N-dealkylation sites (N-methyl/N-ethyl adjacent to an activating group) is 1. The highest BCUT2D eigenvalue weighted by Gasteiger charge is 2.22. The Hall–Kier alpha value is -3.09. The number of aromatic amines is 1. The topological polar surface area (TPSA) is 87.2 Å². The third-order valence-corrected chi connectivity index (χ3v) is 3.68. The molecule has 7 nitrogen and oxygen atoms in total. The normalized spacial score (nSPS) is 10.4. The number of carbonyl (C=O) groups is 2. The van der Waals surface area contributed by atoms with Gasteiger partial charge in [0.05, 0.1) is 11.4 Å². The number of hydrogen-bond acceptors (Lipinski definition) is 3. The summed E-state index contributed by atoms with van der Waals surface area (Å²) < 4.78 is 1.44. The summed E-state index contributed by atoms with van der Waals surface area (Å²) in [5, 5.41) is 2.61. The van der Waals surface area contributed by atoms with Crippen LogP contribution in [0.15, 0.2) is 47.4 Å². The van der Waals surface area contributed by atoms with Crippen LogP contribution in [-0.4, -0.2) is 39.4 Å². The molecule has 0 radical (unpaired) electrons. The van der Waals surface area contributed by atoms with Crippen molar-refractivity contribution in [3.05, 3.63) is 58.8 Å². The van der Waals surface area contributed by atoms with Gasteiger partial charge in [0.1, 0.15) is 0 Å². The third-order valence-electron chi connectivity index (χ3n) is 3.68. The van der Waals surface area contributed by atoms with Gasteiger partial charge in [-0.15, -0.1) is 0 Å². The van der Waals surface area contributed by atoms with Crippen molar-refractivity contribution in [2.24, 2.45) is 0 Å². The summed E-state index contributed by atoms with van der Waals surface area (Å²) in [7, 11) is 0. The molecule has 0 spiro atoms. The van der Waals surface area contributed by atoms with Crippen molar-refractivity contribution in [2.75, 3.05) is 18.4 Å². The molecule has 1 aromatic heterocycles. The number of imidazole rings is 1. The number of hydrogen-bond donors (Lipinski definition) is 2. The van der Waals surface area contributed by atoms with Gasteiger partial charge in [-0.3, -0.25) is 14.2 Å². The van der Waals surface area contributed by atoms with Crippen LogP contribution in [0.2, 0.25) is 0 Å². The lowest BCUT2D eigenvalue weighted by Gasteiger charge is -2.20. The van der Waals surface area contributed by atoms with E-state index in [0.29, 0.717) is 30.2 Å². The molecule has 0 aliphatic rings. The summed E-state index contributed by atoms with van der Waals surface area (Å²) in [4.78, 5) is 40.7. The molecular weight excluding hydrogens is 320 g/mol. The minimum absolute atomic E-state index is 0.317. The van der Waals surface area contributed by atoms with Crippen LogP contribution in [0, 0.1) is 6.92 Å². The predicted octanol–water partition coefficient (Wildman–Crippen LogP) is 1.84. The number of nitrogens with one attached hydrogen (secondary N) is 2. The van der Waals surface area contributed by atoms with Crippen molar-refractivity contribution in [1.29, 1.82) is 0 Å². The van der Waals surface area contributed by atoms with Gasteiger partial charge in [0.25, 0.3) is 0 Å². The van der Waals surface area contributed by atoms with Gasteiger partial charge in [0.15, 0.2) is 0 Å². The largest absolute Gasteiger partial charge is 0.331 e. The smallest absolute Gasteiger partial charge is 0.330 e. The fraction of sp³-hybridized carbons (Fsp3) is 0.278. The second-order valence-electron chi connectivity index (χ2n) is 5.82.